The van der Waals surface area contributed by atoms with E-state index in [0.717, 1.165) is 17.9 Å². The van der Waals surface area contributed by atoms with Crippen molar-refractivity contribution in [2.45, 2.75) is 43.2 Å². The van der Waals surface area contributed by atoms with E-state index in [-0.39, 0.29) is 5.92 Å². The summed E-state index contributed by atoms with van der Waals surface area (Å²) in [6.45, 7) is 0. The maximum absolute atomic E-state index is 5.91. The Morgan fingerprint density at radius 1 is 0.900 bits per heavy atom. The smallest absolute Gasteiger partial charge is 0.232 e. The first-order valence-corrected chi connectivity index (χ1v) is 10.9. The van der Waals surface area contributed by atoms with Crippen molar-refractivity contribution < 1.29 is 4.52 Å². The Morgan fingerprint density at radius 2 is 1.70 bits per heavy atom. The summed E-state index contributed by atoms with van der Waals surface area (Å²) in [5, 5.41) is 6.93. The van der Waals surface area contributed by atoms with Gasteiger partial charge in [0.15, 0.2) is 0 Å². The predicted octanol–water partition coefficient (Wildman–Crippen LogP) is 5.62. The Morgan fingerprint density at radius 3 is 2.57 bits per heavy atom. The maximum Gasteiger partial charge on any atom is 0.232 e. The molecule has 150 valence electrons. The summed E-state index contributed by atoms with van der Waals surface area (Å²) in [5.74, 6) is 2.09. The van der Waals surface area contributed by atoms with Gasteiger partial charge in [-0.2, -0.15) is 4.98 Å². The summed E-state index contributed by atoms with van der Waals surface area (Å²) in [6.07, 6.45) is 3.58. The molecule has 1 aromatic heterocycles. The highest BCUT2D eigenvalue weighted by Gasteiger charge is 2.48. The van der Waals surface area contributed by atoms with Crippen molar-refractivity contribution in [1.29, 1.82) is 0 Å². The summed E-state index contributed by atoms with van der Waals surface area (Å²) in [4.78, 5) is 7.44. The van der Waals surface area contributed by atoms with Crippen molar-refractivity contribution in [2.24, 2.45) is 0 Å². The van der Waals surface area contributed by atoms with Gasteiger partial charge in [0, 0.05) is 17.6 Å². The molecule has 1 unspecified atom stereocenters. The molecule has 0 spiro atoms. The zero-order chi connectivity index (χ0) is 20.1. The number of fused-ring (bicyclic) bond motifs is 3. The molecule has 4 nitrogen and oxygen atoms in total. The van der Waals surface area contributed by atoms with Crippen LogP contribution in [0, 0.1) is 0 Å². The summed E-state index contributed by atoms with van der Waals surface area (Å²) in [5.41, 5.74) is 2.39. The van der Waals surface area contributed by atoms with Crippen molar-refractivity contribution in [1.82, 2.24) is 15.0 Å². The first-order chi connectivity index (χ1) is 14.8. The van der Waals surface area contributed by atoms with Gasteiger partial charge < -0.3 is 4.52 Å². The lowest BCUT2D eigenvalue weighted by Gasteiger charge is -2.41. The molecule has 2 bridgehead atoms. The molecule has 2 aliphatic rings. The molecule has 4 atom stereocenters. The lowest BCUT2D eigenvalue weighted by molar-refractivity contribution is 0.120. The molecule has 3 aromatic carbocycles. The molecule has 30 heavy (non-hydrogen) atoms. The lowest BCUT2D eigenvalue weighted by atomic mass is 9.75. The minimum atomic E-state index is 0.222. The Labute approximate surface area is 176 Å². The van der Waals surface area contributed by atoms with Crippen LogP contribution in [0.15, 0.2) is 77.3 Å². The Balaban J connectivity index is 1.43. The molecule has 6 rings (SSSR count). The van der Waals surface area contributed by atoms with Crippen molar-refractivity contribution in [3.63, 3.8) is 0 Å². The number of likely N-dealkylation sites (N-methyl/N-ethyl adjacent to an activating group) is 1. The lowest BCUT2D eigenvalue weighted by Crippen LogP contribution is -2.44. The highest BCUT2D eigenvalue weighted by molar-refractivity contribution is 5.83. The minimum Gasteiger partial charge on any atom is -0.339 e. The number of hydrogen-bond acceptors (Lipinski definition) is 4. The van der Waals surface area contributed by atoms with E-state index in [2.05, 4.69) is 59.6 Å². The molecule has 0 saturated carbocycles. The highest BCUT2D eigenvalue weighted by atomic mass is 16.5. The first kappa shape index (κ1) is 17.8. The van der Waals surface area contributed by atoms with E-state index in [9.17, 15) is 0 Å². The summed E-state index contributed by atoms with van der Waals surface area (Å²) >= 11 is 0. The van der Waals surface area contributed by atoms with Crippen LogP contribution in [-0.2, 0) is 0 Å². The van der Waals surface area contributed by atoms with Gasteiger partial charge in [0.1, 0.15) is 0 Å². The van der Waals surface area contributed by atoms with Gasteiger partial charge in [0.25, 0.3) is 0 Å². The largest absolute Gasteiger partial charge is 0.339 e. The fraction of sp³-hybridized carbons (Fsp3) is 0.308. The fourth-order valence-corrected chi connectivity index (χ4v) is 5.66. The first-order valence-electron chi connectivity index (χ1n) is 10.9. The molecular formula is C26H25N3O. The molecule has 3 heterocycles. The number of hydrogen-bond donors (Lipinski definition) is 0. The molecule has 0 amide bonds. The van der Waals surface area contributed by atoms with Gasteiger partial charge in [-0.05, 0) is 48.6 Å². The second kappa shape index (κ2) is 7.06. The number of benzene rings is 3. The highest BCUT2D eigenvalue weighted by Crippen LogP contribution is 2.50. The van der Waals surface area contributed by atoms with Crippen molar-refractivity contribution >= 4 is 10.8 Å². The standard InChI is InChI=1S/C26H25N3O/c1-29-21-13-14-23(29)24(26-27-25(28-30-26)18-8-3-2-4-9-18)22(16-21)20-12-11-17-7-5-6-10-19(17)15-20/h2-12,15,21-24H,13-14,16H2,1H3/t21?,22-,23-,24+/m1/s1. The van der Waals surface area contributed by atoms with Gasteiger partial charge >= 0.3 is 0 Å². The fourth-order valence-electron chi connectivity index (χ4n) is 5.66. The number of aromatic nitrogens is 2. The molecule has 4 aromatic rings. The minimum absolute atomic E-state index is 0.222. The second-order valence-electron chi connectivity index (χ2n) is 8.76. The van der Waals surface area contributed by atoms with Crippen molar-refractivity contribution in [3.8, 4) is 11.4 Å². The number of rotatable bonds is 3. The van der Waals surface area contributed by atoms with Crippen LogP contribution in [0.3, 0.4) is 0 Å². The third-order valence-electron chi connectivity index (χ3n) is 7.23. The van der Waals surface area contributed by atoms with Crippen LogP contribution in [0.25, 0.3) is 22.2 Å². The molecule has 2 saturated heterocycles. The average Bonchev–Trinajstić information content (AvgIpc) is 3.36. The summed E-state index contributed by atoms with van der Waals surface area (Å²) < 4.78 is 5.91. The van der Waals surface area contributed by atoms with Gasteiger partial charge in [-0.15, -0.1) is 0 Å². The molecule has 0 radical (unpaired) electrons. The summed E-state index contributed by atoms with van der Waals surface area (Å²) in [7, 11) is 2.26. The van der Waals surface area contributed by atoms with E-state index >= 15 is 0 Å². The van der Waals surface area contributed by atoms with E-state index in [1.165, 1.54) is 29.2 Å². The number of nitrogens with zero attached hydrogens (tertiary/aromatic N) is 3. The average molecular weight is 396 g/mol. The third-order valence-corrected chi connectivity index (χ3v) is 7.23. The molecule has 0 aliphatic carbocycles. The van der Waals surface area contributed by atoms with E-state index in [0.29, 0.717) is 23.8 Å². The van der Waals surface area contributed by atoms with Gasteiger partial charge in [-0.3, -0.25) is 4.90 Å². The molecule has 4 heteroatoms. The zero-order valence-corrected chi connectivity index (χ0v) is 17.1. The molecule has 0 N–H and O–H groups in total. The Hall–Kier alpha value is -2.98. The van der Waals surface area contributed by atoms with Gasteiger partial charge in [-0.25, -0.2) is 0 Å². The van der Waals surface area contributed by atoms with Crippen LogP contribution >= 0.6 is 0 Å². The van der Waals surface area contributed by atoms with Crippen LogP contribution in [-0.4, -0.2) is 34.2 Å². The van der Waals surface area contributed by atoms with Gasteiger partial charge in [0.2, 0.25) is 11.7 Å². The van der Waals surface area contributed by atoms with E-state index in [1.807, 2.05) is 30.3 Å². The third kappa shape index (κ3) is 2.86. The predicted molar refractivity (Wildman–Crippen MR) is 118 cm³/mol. The Kier molecular flexibility index (Phi) is 4.20. The summed E-state index contributed by atoms with van der Waals surface area (Å²) in [6, 6.07) is 26.7. The van der Waals surface area contributed by atoms with E-state index in [4.69, 9.17) is 9.51 Å². The van der Waals surface area contributed by atoms with E-state index in [1.54, 1.807) is 0 Å². The van der Waals surface area contributed by atoms with Crippen molar-refractivity contribution in [2.75, 3.05) is 7.05 Å². The van der Waals surface area contributed by atoms with Crippen LogP contribution in [0.1, 0.15) is 42.6 Å². The second-order valence-corrected chi connectivity index (χ2v) is 8.76. The van der Waals surface area contributed by atoms with Crippen molar-refractivity contribution in [3.05, 3.63) is 84.3 Å². The monoisotopic (exact) mass is 395 g/mol. The zero-order valence-electron chi connectivity index (χ0n) is 17.1. The Bertz CT molecular complexity index is 1190. The molecular weight excluding hydrogens is 370 g/mol. The quantitative estimate of drug-likeness (QED) is 0.451. The van der Waals surface area contributed by atoms with Crippen LogP contribution in [0.2, 0.25) is 0 Å². The van der Waals surface area contributed by atoms with Gasteiger partial charge in [0.05, 0.1) is 5.92 Å². The molecule has 2 fully saturated rings. The SMILES string of the molecule is CN1C2CC[C@@H]1[C@@H](c1nc(-c3ccccc3)no1)[C@@H](c1ccc3ccccc3c1)C2. The topological polar surface area (TPSA) is 42.2 Å². The number of piperidine rings is 1. The van der Waals surface area contributed by atoms with Crippen LogP contribution in [0.5, 0.6) is 0 Å². The van der Waals surface area contributed by atoms with Crippen LogP contribution in [0.4, 0.5) is 0 Å². The molecule has 2 aliphatic heterocycles. The van der Waals surface area contributed by atoms with Gasteiger partial charge in [-0.1, -0.05) is 78.0 Å². The van der Waals surface area contributed by atoms with E-state index < -0.39 is 0 Å². The maximum atomic E-state index is 5.91. The normalized spacial score (nSPS) is 26.3. The van der Waals surface area contributed by atoms with Crippen LogP contribution < -0.4 is 0 Å².